The van der Waals surface area contributed by atoms with E-state index in [1.54, 1.807) is 47.6 Å². The Hall–Kier alpha value is -4.87. The Kier molecular flexibility index (Phi) is 8.36. The van der Waals surface area contributed by atoms with Gasteiger partial charge in [-0.15, -0.1) is 10.2 Å². The smallest absolute Gasteiger partial charge is 0.378 e. The summed E-state index contributed by atoms with van der Waals surface area (Å²) in [6.07, 6.45) is 2.02. The Morgan fingerprint density at radius 2 is 1.98 bits per heavy atom. The first-order valence-corrected chi connectivity index (χ1v) is 16.3. The molecule has 1 amide bonds. The van der Waals surface area contributed by atoms with Gasteiger partial charge in [0, 0.05) is 55.3 Å². The average molecular weight is 672 g/mol. The number of nitrogens with zero attached hydrogens (tertiary/aromatic N) is 8. The number of fused-ring (bicyclic) bond motifs is 1. The summed E-state index contributed by atoms with van der Waals surface area (Å²) in [5.41, 5.74) is 1.11. The van der Waals surface area contributed by atoms with Gasteiger partial charge in [-0.3, -0.25) is 19.6 Å². The van der Waals surface area contributed by atoms with Gasteiger partial charge >= 0.3 is 6.18 Å². The highest BCUT2D eigenvalue weighted by Gasteiger charge is 2.44. The molecule has 0 radical (unpaired) electrons. The number of hydrogen-bond donors (Lipinski definition) is 1. The average Bonchev–Trinajstić information content (AvgIpc) is 3.54. The quantitative estimate of drug-likeness (QED) is 0.234. The number of pyridine rings is 2. The number of carbonyl (C=O) groups is 1. The standard InChI is InChI=1S/C35H36F3N9O2/c1-21(2)29-19-49-11-10-46(29)17-22-12-25-27(28(13-22)35(36,37)38)18-47(33(25)48)31-15-23(14-30(42-31)43-34(5-6-34)7-8-39)26-16-40-9-4-24(26)32-44-41-20-45(32)3/h4,9,12-16,20-21,29H,5-7,10-11,17-19H2,1-3H3,(H,42,43)/t29-/m0/s1. The van der Waals surface area contributed by atoms with Crippen molar-refractivity contribution in [2.75, 3.05) is 30.0 Å². The largest absolute Gasteiger partial charge is 0.416 e. The number of alkyl halides is 3. The van der Waals surface area contributed by atoms with Crippen LogP contribution in [0.2, 0.25) is 0 Å². The van der Waals surface area contributed by atoms with Gasteiger partial charge in [0.2, 0.25) is 0 Å². The molecular weight excluding hydrogens is 635 g/mol. The first-order valence-electron chi connectivity index (χ1n) is 16.3. The number of aromatic nitrogens is 5. The Bertz CT molecular complexity index is 1950. The van der Waals surface area contributed by atoms with Gasteiger partial charge in [-0.05, 0) is 65.8 Å². The van der Waals surface area contributed by atoms with Crippen molar-refractivity contribution in [2.45, 2.75) is 64.0 Å². The van der Waals surface area contributed by atoms with E-state index in [0.717, 1.165) is 18.4 Å². The zero-order valence-corrected chi connectivity index (χ0v) is 27.5. The number of hydrogen-bond acceptors (Lipinski definition) is 9. The van der Waals surface area contributed by atoms with Crippen LogP contribution in [0.15, 0.2) is 49.1 Å². The minimum absolute atomic E-state index is 0.0187. The van der Waals surface area contributed by atoms with E-state index in [4.69, 9.17) is 9.72 Å². The molecule has 1 atom stereocenters. The van der Waals surface area contributed by atoms with Gasteiger partial charge in [0.15, 0.2) is 5.82 Å². The van der Waals surface area contributed by atoms with Crippen molar-refractivity contribution in [1.29, 1.82) is 5.26 Å². The minimum atomic E-state index is -4.67. The van der Waals surface area contributed by atoms with E-state index in [2.05, 4.69) is 45.3 Å². The normalized spacial score (nSPS) is 18.9. The molecule has 1 saturated heterocycles. The van der Waals surface area contributed by atoms with Crippen LogP contribution < -0.4 is 10.2 Å². The number of halogens is 3. The minimum Gasteiger partial charge on any atom is -0.378 e. The van der Waals surface area contributed by atoms with Crippen LogP contribution in [0.3, 0.4) is 0 Å². The Morgan fingerprint density at radius 3 is 2.67 bits per heavy atom. The second-order valence-corrected chi connectivity index (χ2v) is 13.4. The second-order valence-electron chi connectivity index (χ2n) is 13.4. The molecule has 5 heterocycles. The summed E-state index contributed by atoms with van der Waals surface area (Å²) in [7, 11) is 1.82. The summed E-state index contributed by atoms with van der Waals surface area (Å²) in [5.74, 6) is 0.857. The van der Waals surface area contributed by atoms with Gasteiger partial charge in [-0.25, -0.2) is 4.98 Å². The lowest BCUT2D eigenvalue weighted by Gasteiger charge is -2.38. The first-order chi connectivity index (χ1) is 23.5. The van der Waals surface area contributed by atoms with E-state index in [-0.39, 0.29) is 48.4 Å². The van der Waals surface area contributed by atoms with Crippen molar-refractivity contribution < 1.29 is 22.7 Å². The molecule has 1 N–H and O–H groups in total. The van der Waals surface area contributed by atoms with E-state index in [9.17, 15) is 23.2 Å². The fourth-order valence-corrected chi connectivity index (χ4v) is 6.84. The van der Waals surface area contributed by atoms with Gasteiger partial charge in [0.25, 0.3) is 5.91 Å². The zero-order valence-electron chi connectivity index (χ0n) is 27.5. The van der Waals surface area contributed by atoms with E-state index >= 15 is 0 Å². The summed E-state index contributed by atoms with van der Waals surface area (Å²) < 4.78 is 51.4. The fourth-order valence-electron chi connectivity index (χ4n) is 6.84. The molecule has 2 aliphatic heterocycles. The molecule has 1 aliphatic carbocycles. The number of anilines is 2. The highest BCUT2D eigenvalue weighted by atomic mass is 19.4. The molecule has 11 nitrogen and oxygen atoms in total. The molecule has 14 heteroatoms. The molecule has 3 aromatic heterocycles. The molecule has 254 valence electrons. The lowest BCUT2D eigenvalue weighted by molar-refractivity contribution is -0.138. The van der Waals surface area contributed by atoms with E-state index in [1.807, 2.05) is 7.05 Å². The third-order valence-corrected chi connectivity index (χ3v) is 9.68. The summed E-state index contributed by atoms with van der Waals surface area (Å²) in [6.45, 7) is 5.69. The summed E-state index contributed by atoms with van der Waals surface area (Å²) in [5, 5.41) is 21.1. The molecule has 7 rings (SSSR count). The van der Waals surface area contributed by atoms with Gasteiger partial charge in [0.1, 0.15) is 18.0 Å². The molecule has 4 aromatic rings. The molecule has 0 spiro atoms. The summed E-state index contributed by atoms with van der Waals surface area (Å²) in [6, 6.07) is 10.3. The van der Waals surface area contributed by atoms with Crippen molar-refractivity contribution in [3.05, 3.63) is 71.3 Å². The summed E-state index contributed by atoms with van der Waals surface area (Å²) in [4.78, 5) is 26.7. The number of carbonyl (C=O) groups excluding carboxylic acids is 1. The number of aryl methyl sites for hydroxylation is 1. The molecule has 0 unspecified atom stereocenters. The second kappa shape index (κ2) is 12.5. The highest BCUT2D eigenvalue weighted by Crippen LogP contribution is 2.44. The van der Waals surface area contributed by atoms with Crippen LogP contribution in [0.25, 0.3) is 22.5 Å². The van der Waals surface area contributed by atoms with Crippen LogP contribution in [0.1, 0.15) is 60.2 Å². The zero-order chi connectivity index (χ0) is 34.5. The Morgan fingerprint density at radius 1 is 1.16 bits per heavy atom. The summed E-state index contributed by atoms with van der Waals surface area (Å²) >= 11 is 0. The van der Waals surface area contributed by atoms with Crippen molar-refractivity contribution in [3.8, 4) is 28.6 Å². The Labute approximate surface area is 281 Å². The highest BCUT2D eigenvalue weighted by molar-refractivity contribution is 6.10. The third kappa shape index (κ3) is 6.36. The molecule has 1 aromatic carbocycles. The van der Waals surface area contributed by atoms with Crippen molar-refractivity contribution >= 4 is 17.5 Å². The van der Waals surface area contributed by atoms with Crippen LogP contribution in [-0.2, 0) is 31.1 Å². The number of benzene rings is 1. The maximum atomic E-state index is 14.7. The number of nitrogens with one attached hydrogen (secondary N) is 1. The maximum absolute atomic E-state index is 14.7. The van der Waals surface area contributed by atoms with Gasteiger partial charge < -0.3 is 14.6 Å². The molecule has 2 fully saturated rings. The van der Waals surface area contributed by atoms with Crippen molar-refractivity contribution in [3.63, 3.8) is 0 Å². The predicted octanol–water partition coefficient (Wildman–Crippen LogP) is 5.83. The van der Waals surface area contributed by atoms with Crippen LogP contribution in [0.4, 0.5) is 24.8 Å². The van der Waals surface area contributed by atoms with Gasteiger partial charge in [-0.1, -0.05) is 13.8 Å². The third-order valence-electron chi connectivity index (χ3n) is 9.68. The van der Waals surface area contributed by atoms with Crippen LogP contribution >= 0.6 is 0 Å². The Balaban J connectivity index is 1.30. The maximum Gasteiger partial charge on any atom is 0.416 e. The monoisotopic (exact) mass is 671 g/mol. The lowest BCUT2D eigenvalue weighted by Crippen LogP contribution is -2.47. The van der Waals surface area contributed by atoms with Crippen molar-refractivity contribution in [1.82, 2.24) is 29.6 Å². The van der Waals surface area contributed by atoms with Crippen molar-refractivity contribution in [2.24, 2.45) is 13.0 Å². The predicted molar refractivity (Wildman–Crippen MR) is 175 cm³/mol. The topological polar surface area (TPSA) is 125 Å². The van der Waals surface area contributed by atoms with Crippen LogP contribution in [0, 0.1) is 17.2 Å². The van der Waals surface area contributed by atoms with Crippen LogP contribution in [-0.4, -0.2) is 66.9 Å². The molecule has 0 bridgehead atoms. The molecule has 49 heavy (non-hydrogen) atoms. The van der Waals surface area contributed by atoms with Gasteiger partial charge in [0.05, 0.1) is 43.4 Å². The number of rotatable bonds is 9. The van der Waals surface area contributed by atoms with E-state index in [0.29, 0.717) is 48.1 Å². The van der Waals surface area contributed by atoms with E-state index in [1.165, 1.54) is 11.0 Å². The lowest BCUT2D eigenvalue weighted by atomic mass is 9.97. The number of amides is 1. The fraction of sp³-hybridized carbons (Fsp3) is 0.429. The SMILES string of the molecule is CC(C)[C@@H]1COCCN1Cc1cc2c(c(C(F)(F)F)c1)CN(c1cc(-c3cnccc3-c3nncn3C)cc(NC3(CC#N)CC3)n1)C2=O. The molecular formula is C35H36F3N9O2. The van der Waals surface area contributed by atoms with E-state index < -0.39 is 23.2 Å². The number of nitriles is 1. The molecule has 1 saturated carbocycles. The number of morpholine rings is 1. The van der Waals surface area contributed by atoms with Crippen LogP contribution in [0.5, 0.6) is 0 Å². The first kappa shape index (κ1) is 32.7. The molecule has 3 aliphatic rings. The number of ether oxygens (including phenoxy) is 1. The van der Waals surface area contributed by atoms with Gasteiger partial charge in [-0.2, -0.15) is 18.4 Å².